The zero-order valence-corrected chi connectivity index (χ0v) is 13.4. The topological polar surface area (TPSA) is 135 Å². The predicted molar refractivity (Wildman–Crippen MR) is 68.3 cm³/mol. The van der Waals surface area contributed by atoms with Gasteiger partial charge in [0.2, 0.25) is 0 Å². The van der Waals surface area contributed by atoms with E-state index in [0.717, 1.165) is 12.1 Å². The average Bonchev–Trinajstić information content (AvgIpc) is 2.45. The van der Waals surface area contributed by atoms with E-state index in [2.05, 4.69) is 0 Å². The largest absolute Gasteiger partial charge is 4.00 e. The standard InChI is InChI=1S/2C7H8O3.O.V/c2*1-2-6-7(9)5(8)3-4-10-6;;/h2*3-4,9H,2H2,1H3;;/q;;-2;+4/p-2. The first-order chi connectivity index (χ1) is 9.51. The van der Waals surface area contributed by atoms with Gasteiger partial charge in [-0.2, -0.15) is 0 Å². The quantitative estimate of drug-likeness (QED) is 0.774. The molecule has 0 saturated carbocycles. The van der Waals surface area contributed by atoms with Gasteiger partial charge in [-0.15, -0.1) is 0 Å². The molecular formula is C14H14O7V. The molecule has 22 heavy (non-hydrogen) atoms. The minimum absolute atomic E-state index is 0. The zero-order valence-electron chi connectivity index (χ0n) is 12.0. The molecule has 8 heteroatoms. The molecule has 2 aromatic rings. The normalized spacial score (nSPS) is 8.82. The third-order valence-electron chi connectivity index (χ3n) is 2.46. The van der Waals surface area contributed by atoms with E-state index in [4.69, 9.17) is 8.83 Å². The number of hydrogen-bond donors (Lipinski definition) is 0. The summed E-state index contributed by atoms with van der Waals surface area (Å²) >= 11 is 0. The summed E-state index contributed by atoms with van der Waals surface area (Å²) in [5, 5.41) is 21.6. The molecule has 0 aliphatic carbocycles. The Kier molecular flexibility index (Phi) is 10.9. The summed E-state index contributed by atoms with van der Waals surface area (Å²) in [6, 6.07) is 2.25. The van der Waals surface area contributed by atoms with Gasteiger partial charge in [0.05, 0.1) is 24.0 Å². The summed E-state index contributed by atoms with van der Waals surface area (Å²) in [6.45, 7) is 3.53. The molecule has 0 atom stereocenters. The van der Waals surface area contributed by atoms with Gasteiger partial charge in [-0.05, 0) is 11.5 Å². The summed E-state index contributed by atoms with van der Waals surface area (Å²) in [5.41, 5.74) is -0.994. The van der Waals surface area contributed by atoms with E-state index in [1.54, 1.807) is 13.8 Å². The van der Waals surface area contributed by atoms with Crippen LogP contribution in [-0.4, -0.2) is 0 Å². The van der Waals surface area contributed by atoms with Crippen LogP contribution in [0.25, 0.3) is 0 Å². The second-order valence-corrected chi connectivity index (χ2v) is 3.78. The van der Waals surface area contributed by atoms with E-state index < -0.39 is 22.4 Å². The average molecular weight is 345 g/mol. The van der Waals surface area contributed by atoms with Gasteiger partial charge >= 0.3 is 18.6 Å². The molecule has 0 fully saturated rings. The zero-order chi connectivity index (χ0) is 15.1. The van der Waals surface area contributed by atoms with E-state index >= 15 is 0 Å². The van der Waals surface area contributed by atoms with Gasteiger partial charge < -0.3 is 24.5 Å². The van der Waals surface area contributed by atoms with Gasteiger partial charge in [0, 0.05) is 25.0 Å². The second kappa shape index (κ2) is 10.7. The summed E-state index contributed by atoms with van der Waals surface area (Å²) in [5.74, 6) is -0.588. The second-order valence-electron chi connectivity index (χ2n) is 3.78. The van der Waals surface area contributed by atoms with Crippen molar-refractivity contribution in [3.63, 3.8) is 0 Å². The van der Waals surface area contributed by atoms with E-state index in [-0.39, 0.29) is 35.6 Å². The first-order valence-corrected chi connectivity index (χ1v) is 6.06. The number of aryl methyl sites for hydroxylation is 2. The van der Waals surface area contributed by atoms with Gasteiger partial charge in [-0.25, -0.2) is 0 Å². The molecular weight excluding hydrogens is 331 g/mol. The molecule has 0 unspecified atom stereocenters. The van der Waals surface area contributed by atoms with Gasteiger partial charge in [0.25, 0.3) is 0 Å². The smallest absolute Gasteiger partial charge is 2.00 e. The Balaban J connectivity index is 0. The molecule has 0 bridgehead atoms. The summed E-state index contributed by atoms with van der Waals surface area (Å²) < 4.78 is 9.55. The Morgan fingerprint density at radius 1 is 0.864 bits per heavy atom. The Morgan fingerprint density at radius 2 is 1.18 bits per heavy atom. The van der Waals surface area contributed by atoms with Crippen molar-refractivity contribution in [1.29, 1.82) is 0 Å². The molecule has 7 nitrogen and oxygen atoms in total. The van der Waals surface area contributed by atoms with Crippen LogP contribution in [0.5, 0.6) is 11.5 Å². The predicted octanol–water partition coefficient (Wildman–Crippen LogP) is 0.430. The molecule has 0 aliphatic rings. The molecule has 0 amide bonds. The first kappa shape index (κ1) is 22.3. The van der Waals surface area contributed by atoms with E-state index in [1.165, 1.54) is 12.5 Å². The van der Waals surface area contributed by atoms with E-state index in [0.29, 0.717) is 12.8 Å². The van der Waals surface area contributed by atoms with Gasteiger partial charge in [-0.1, -0.05) is 13.8 Å². The molecule has 0 aromatic carbocycles. The van der Waals surface area contributed by atoms with Crippen LogP contribution in [0.3, 0.4) is 0 Å². The van der Waals surface area contributed by atoms with Crippen molar-refractivity contribution in [2.45, 2.75) is 26.7 Å². The molecule has 1 radical (unpaired) electrons. The van der Waals surface area contributed by atoms with Crippen molar-refractivity contribution >= 4 is 0 Å². The summed E-state index contributed by atoms with van der Waals surface area (Å²) in [6.07, 6.45) is 3.41. The maximum absolute atomic E-state index is 10.8. The monoisotopic (exact) mass is 345 g/mol. The van der Waals surface area contributed by atoms with Crippen LogP contribution in [0.4, 0.5) is 0 Å². The molecule has 2 heterocycles. The third-order valence-corrected chi connectivity index (χ3v) is 2.46. The fraction of sp³-hybridized carbons (Fsp3) is 0.286. The minimum atomic E-state index is -0.523. The fourth-order valence-electron chi connectivity index (χ4n) is 1.38. The van der Waals surface area contributed by atoms with Gasteiger partial charge in [0.1, 0.15) is 0 Å². The van der Waals surface area contributed by atoms with Crippen LogP contribution in [0.2, 0.25) is 0 Å². The Bertz CT molecular complexity index is 616. The number of hydrogen-bond acceptors (Lipinski definition) is 6. The Hall–Kier alpha value is -1.96. The van der Waals surface area contributed by atoms with Gasteiger partial charge in [-0.3, -0.25) is 9.59 Å². The van der Waals surface area contributed by atoms with Crippen LogP contribution in [0, 0.1) is 0 Å². The minimum Gasteiger partial charge on any atom is -2.00 e. The SMILES string of the molecule is CCc1occc(=O)c1[O-].CCc1occc(=O)c1[O-].[O-2].[V+4]. The van der Waals surface area contributed by atoms with Crippen molar-refractivity contribution in [2.24, 2.45) is 0 Å². The summed E-state index contributed by atoms with van der Waals surface area (Å²) in [4.78, 5) is 21.3. The maximum atomic E-state index is 10.8. The molecule has 0 N–H and O–H groups in total. The number of rotatable bonds is 2. The Labute approximate surface area is 138 Å². The molecule has 2 aromatic heterocycles. The van der Waals surface area contributed by atoms with E-state index in [1.807, 2.05) is 0 Å². The summed E-state index contributed by atoms with van der Waals surface area (Å²) in [7, 11) is 0. The van der Waals surface area contributed by atoms with Crippen LogP contribution in [0.15, 0.2) is 43.1 Å². The van der Waals surface area contributed by atoms with Crippen LogP contribution >= 0.6 is 0 Å². The first-order valence-electron chi connectivity index (χ1n) is 6.06. The van der Waals surface area contributed by atoms with Crippen LogP contribution < -0.4 is 21.1 Å². The van der Waals surface area contributed by atoms with Crippen molar-refractivity contribution in [1.82, 2.24) is 0 Å². The van der Waals surface area contributed by atoms with Crippen molar-refractivity contribution in [2.75, 3.05) is 0 Å². The maximum Gasteiger partial charge on any atom is 4.00 e. The van der Waals surface area contributed by atoms with E-state index in [9.17, 15) is 19.8 Å². The molecule has 2 rings (SSSR count). The third kappa shape index (κ3) is 5.81. The molecule has 0 aliphatic heterocycles. The van der Waals surface area contributed by atoms with Crippen LogP contribution in [-0.2, 0) is 36.9 Å². The van der Waals surface area contributed by atoms with Crippen molar-refractivity contribution in [3.8, 4) is 11.5 Å². The molecule has 0 saturated heterocycles. The Morgan fingerprint density at radius 3 is 1.41 bits per heavy atom. The van der Waals surface area contributed by atoms with Crippen LogP contribution in [0.1, 0.15) is 25.4 Å². The van der Waals surface area contributed by atoms with Crippen molar-refractivity contribution < 1.29 is 43.1 Å². The van der Waals surface area contributed by atoms with Crippen molar-refractivity contribution in [3.05, 3.63) is 56.6 Å². The molecule has 117 valence electrons. The fourth-order valence-corrected chi connectivity index (χ4v) is 1.38. The van der Waals surface area contributed by atoms with Gasteiger partial charge in [0.15, 0.2) is 10.9 Å². The molecule has 0 spiro atoms.